The van der Waals surface area contributed by atoms with Gasteiger partial charge in [-0.05, 0) is 30.7 Å². The highest BCUT2D eigenvalue weighted by Crippen LogP contribution is 2.25. The number of hydrogen-bond donors (Lipinski definition) is 1. The van der Waals surface area contributed by atoms with Crippen LogP contribution in [0, 0.1) is 12.7 Å². The molecule has 88 valence electrons. The largest absolute Gasteiger partial charge is 0.338 e. The second-order valence-electron chi connectivity index (χ2n) is 3.57. The second kappa shape index (κ2) is 5.02. The molecule has 5 heteroatoms. The summed E-state index contributed by atoms with van der Waals surface area (Å²) in [5.41, 5.74) is 1.80. The van der Waals surface area contributed by atoms with Crippen molar-refractivity contribution in [3.05, 3.63) is 51.3 Å². The van der Waals surface area contributed by atoms with Gasteiger partial charge in [0.25, 0.3) is 0 Å². The van der Waals surface area contributed by atoms with Crippen molar-refractivity contribution < 1.29 is 4.39 Å². The van der Waals surface area contributed by atoms with E-state index in [4.69, 9.17) is 11.6 Å². The summed E-state index contributed by atoms with van der Waals surface area (Å²) < 4.78 is 14.5. The van der Waals surface area contributed by atoms with Crippen LogP contribution in [0.15, 0.2) is 34.9 Å². The number of anilines is 2. The zero-order valence-corrected chi connectivity index (χ0v) is 11.3. The molecular weight excluding hydrogens is 307 g/mol. The summed E-state index contributed by atoms with van der Waals surface area (Å²) in [5, 5.41) is 3.21. The van der Waals surface area contributed by atoms with Gasteiger partial charge in [0.05, 0.1) is 5.02 Å². The van der Waals surface area contributed by atoms with Gasteiger partial charge in [-0.25, -0.2) is 9.37 Å². The van der Waals surface area contributed by atoms with Crippen molar-refractivity contribution in [2.75, 3.05) is 5.32 Å². The summed E-state index contributed by atoms with van der Waals surface area (Å²) in [7, 11) is 0. The number of benzene rings is 1. The molecule has 0 saturated heterocycles. The zero-order valence-electron chi connectivity index (χ0n) is 8.97. The average Bonchev–Trinajstić information content (AvgIpc) is 2.27. The van der Waals surface area contributed by atoms with Crippen LogP contribution in [0.4, 0.5) is 15.9 Å². The van der Waals surface area contributed by atoms with E-state index in [0.29, 0.717) is 0 Å². The number of rotatable bonds is 2. The van der Waals surface area contributed by atoms with Gasteiger partial charge < -0.3 is 5.32 Å². The lowest BCUT2D eigenvalue weighted by Crippen LogP contribution is -1.98. The van der Waals surface area contributed by atoms with E-state index >= 15 is 0 Å². The van der Waals surface area contributed by atoms with Crippen molar-refractivity contribution in [1.29, 1.82) is 0 Å². The molecule has 0 amide bonds. The number of pyridine rings is 1. The summed E-state index contributed by atoms with van der Waals surface area (Å²) in [6.07, 6.45) is 1.40. The zero-order chi connectivity index (χ0) is 12.4. The Morgan fingerprint density at radius 3 is 2.82 bits per heavy atom. The number of nitrogens with zero attached hydrogens (tertiary/aromatic N) is 1. The number of aromatic nitrogens is 1. The highest BCUT2D eigenvalue weighted by molar-refractivity contribution is 9.10. The second-order valence-corrected chi connectivity index (χ2v) is 4.92. The third-order valence-corrected chi connectivity index (χ3v) is 2.96. The average molecular weight is 316 g/mol. The summed E-state index contributed by atoms with van der Waals surface area (Å²) in [4.78, 5) is 3.91. The highest BCUT2D eigenvalue weighted by Gasteiger charge is 2.06. The lowest BCUT2D eigenvalue weighted by Gasteiger charge is -2.10. The van der Waals surface area contributed by atoms with Crippen molar-refractivity contribution in [2.24, 2.45) is 0 Å². The Bertz CT molecular complexity index is 560. The van der Waals surface area contributed by atoms with Crippen LogP contribution in [-0.2, 0) is 0 Å². The molecule has 0 aliphatic heterocycles. The Hall–Kier alpha value is -1.13. The highest BCUT2D eigenvalue weighted by atomic mass is 79.9. The first-order chi connectivity index (χ1) is 8.06. The molecule has 0 aliphatic rings. The van der Waals surface area contributed by atoms with Gasteiger partial charge in [0.2, 0.25) is 0 Å². The Morgan fingerprint density at radius 2 is 2.12 bits per heavy atom. The van der Waals surface area contributed by atoms with Crippen molar-refractivity contribution in [1.82, 2.24) is 4.98 Å². The fourth-order valence-corrected chi connectivity index (χ4v) is 1.87. The molecule has 1 N–H and O–H groups in total. The first-order valence-corrected chi connectivity index (χ1v) is 6.07. The van der Waals surface area contributed by atoms with Crippen LogP contribution in [0.25, 0.3) is 0 Å². The molecule has 0 unspecified atom stereocenters. The molecule has 0 fully saturated rings. The lowest BCUT2D eigenvalue weighted by atomic mass is 10.2. The maximum absolute atomic E-state index is 13.5. The quantitative estimate of drug-likeness (QED) is 0.869. The van der Waals surface area contributed by atoms with E-state index in [1.54, 1.807) is 0 Å². The molecule has 2 nitrogen and oxygen atoms in total. The summed E-state index contributed by atoms with van der Waals surface area (Å²) in [5.74, 6) is -0.313. The van der Waals surface area contributed by atoms with E-state index in [9.17, 15) is 4.39 Å². The number of aryl methyl sites for hydroxylation is 1. The first-order valence-electron chi connectivity index (χ1n) is 4.90. The molecule has 0 saturated carbocycles. The monoisotopic (exact) mass is 314 g/mol. The summed E-state index contributed by atoms with van der Waals surface area (Å²) in [6.45, 7) is 1.93. The van der Waals surface area contributed by atoms with Crippen LogP contribution in [0.2, 0.25) is 5.02 Å². The Balaban J connectivity index is 2.34. The minimum atomic E-state index is -0.475. The third-order valence-electron chi connectivity index (χ3n) is 2.26. The number of halogens is 3. The maximum atomic E-state index is 13.5. The van der Waals surface area contributed by atoms with Gasteiger partial charge >= 0.3 is 0 Å². The summed E-state index contributed by atoms with van der Waals surface area (Å²) >= 11 is 9.00. The Morgan fingerprint density at radius 1 is 1.35 bits per heavy atom. The molecule has 0 spiro atoms. The standard InChI is InChI=1S/C12H9BrClFN2/c1-7-2-3-8(13)4-11(7)17-12-10(15)5-9(14)6-16-12/h2-6H,1H3,(H,16,17). The number of nitrogens with one attached hydrogen (secondary N) is 1. The third kappa shape index (κ3) is 2.96. The molecule has 17 heavy (non-hydrogen) atoms. The van der Waals surface area contributed by atoms with E-state index in [1.165, 1.54) is 12.3 Å². The molecule has 0 bridgehead atoms. The molecule has 0 radical (unpaired) electrons. The van der Waals surface area contributed by atoms with Crippen LogP contribution < -0.4 is 5.32 Å². The minimum Gasteiger partial charge on any atom is -0.338 e. The Kier molecular flexibility index (Phi) is 3.64. The van der Waals surface area contributed by atoms with Crippen molar-refractivity contribution in [3.8, 4) is 0 Å². The van der Waals surface area contributed by atoms with Crippen molar-refractivity contribution in [2.45, 2.75) is 6.92 Å². The molecule has 0 atom stereocenters. The van der Waals surface area contributed by atoms with Gasteiger partial charge in [-0.1, -0.05) is 33.6 Å². The van der Waals surface area contributed by atoms with Gasteiger partial charge in [-0.3, -0.25) is 0 Å². The topological polar surface area (TPSA) is 24.9 Å². The normalized spacial score (nSPS) is 10.4. The van der Waals surface area contributed by atoms with Crippen LogP contribution in [0.3, 0.4) is 0 Å². The van der Waals surface area contributed by atoms with E-state index in [0.717, 1.165) is 15.7 Å². The van der Waals surface area contributed by atoms with Crippen molar-refractivity contribution >= 4 is 39.0 Å². The SMILES string of the molecule is Cc1ccc(Br)cc1Nc1ncc(Cl)cc1F. The maximum Gasteiger partial charge on any atom is 0.167 e. The van der Waals surface area contributed by atoms with E-state index in [-0.39, 0.29) is 10.8 Å². The van der Waals surface area contributed by atoms with E-state index in [1.807, 2.05) is 25.1 Å². The Labute approximate surface area is 112 Å². The molecule has 2 rings (SSSR count). The van der Waals surface area contributed by atoms with Gasteiger partial charge in [0, 0.05) is 16.4 Å². The smallest absolute Gasteiger partial charge is 0.167 e. The van der Waals surface area contributed by atoms with E-state index < -0.39 is 5.82 Å². The van der Waals surface area contributed by atoms with Crippen LogP contribution in [0.1, 0.15) is 5.56 Å². The summed E-state index contributed by atoms with van der Waals surface area (Å²) in [6, 6.07) is 6.95. The predicted molar refractivity (Wildman–Crippen MR) is 71.4 cm³/mol. The molecule has 1 aromatic heterocycles. The van der Waals surface area contributed by atoms with E-state index in [2.05, 4.69) is 26.2 Å². The fraction of sp³-hybridized carbons (Fsp3) is 0.0833. The predicted octanol–water partition coefficient (Wildman–Crippen LogP) is 4.69. The van der Waals surface area contributed by atoms with Gasteiger partial charge in [0.15, 0.2) is 11.6 Å². The number of hydrogen-bond acceptors (Lipinski definition) is 2. The van der Waals surface area contributed by atoms with Crippen LogP contribution in [0.5, 0.6) is 0 Å². The van der Waals surface area contributed by atoms with Crippen molar-refractivity contribution in [3.63, 3.8) is 0 Å². The van der Waals surface area contributed by atoms with Gasteiger partial charge in [-0.2, -0.15) is 0 Å². The van der Waals surface area contributed by atoms with Crippen LogP contribution >= 0.6 is 27.5 Å². The molecule has 1 aromatic carbocycles. The molecule has 0 aliphatic carbocycles. The van der Waals surface area contributed by atoms with Crippen LogP contribution in [-0.4, -0.2) is 4.98 Å². The fourth-order valence-electron chi connectivity index (χ4n) is 1.36. The molecule has 1 heterocycles. The van der Waals surface area contributed by atoms with Gasteiger partial charge in [-0.15, -0.1) is 0 Å². The lowest BCUT2D eigenvalue weighted by molar-refractivity contribution is 0.626. The van der Waals surface area contributed by atoms with Gasteiger partial charge in [0.1, 0.15) is 0 Å². The minimum absolute atomic E-state index is 0.163. The molecule has 2 aromatic rings. The molecular formula is C12H9BrClFN2. The first kappa shape index (κ1) is 12.3.